The molecule has 0 fully saturated rings. The molecule has 0 unspecified atom stereocenters. The predicted molar refractivity (Wildman–Crippen MR) is 47.3 cm³/mol. The van der Waals surface area contributed by atoms with Crippen LogP contribution in [0.15, 0.2) is 6.33 Å². The van der Waals surface area contributed by atoms with E-state index >= 15 is 0 Å². The SMILES string of the molecule is CC(=O)Nc1c(N)ncn2nnnc12. The number of fused-ring (bicyclic) bond motifs is 1. The van der Waals surface area contributed by atoms with Crippen LogP contribution in [0, 0.1) is 0 Å². The van der Waals surface area contributed by atoms with Crippen molar-refractivity contribution in [3.8, 4) is 0 Å². The van der Waals surface area contributed by atoms with Gasteiger partial charge in [0.15, 0.2) is 5.82 Å². The Morgan fingerprint density at radius 2 is 2.43 bits per heavy atom. The molecule has 0 aromatic carbocycles. The highest BCUT2D eigenvalue weighted by Crippen LogP contribution is 2.18. The Morgan fingerprint density at radius 3 is 3.14 bits per heavy atom. The predicted octanol–water partition coefficient (Wildman–Crippen LogP) is -0.940. The maximum atomic E-state index is 10.9. The van der Waals surface area contributed by atoms with E-state index in [0.717, 1.165) is 0 Å². The quantitative estimate of drug-likeness (QED) is 0.604. The number of carbonyl (C=O) groups is 1. The molecule has 0 saturated heterocycles. The largest absolute Gasteiger partial charge is 0.382 e. The molecule has 8 nitrogen and oxygen atoms in total. The lowest BCUT2D eigenvalue weighted by atomic mass is 10.4. The highest BCUT2D eigenvalue weighted by atomic mass is 16.1. The van der Waals surface area contributed by atoms with Crippen molar-refractivity contribution < 1.29 is 4.79 Å². The second-order valence-corrected chi connectivity index (χ2v) is 2.63. The van der Waals surface area contributed by atoms with E-state index in [1.54, 1.807) is 0 Å². The van der Waals surface area contributed by atoms with E-state index < -0.39 is 0 Å². The Kier molecular flexibility index (Phi) is 1.73. The smallest absolute Gasteiger partial charge is 0.221 e. The van der Waals surface area contributed by atoms with Gasteiger partial charge in [0.25, 0.3) is 0 Å². The van der Waals surface area contributed by atoms with E-state index in [9.17, 15) is 4.79 Å². The lowest BCUT2D eigenvalue weighted by Crippen LogP contribution is -2.11. The molecule has 8 heteroatoms. The maximum absolute atomic E-state index is 10.9. The number of hydrogen-bond acceptors (Lipinski definition) is 6. The second-order valence-electron chi connectivity index (χ2n) is 2.63. The third-order valence-corrected chi connectivity index (χ3v) is 1.58. The summed E-state index contributed by atoms with van der Waals surface area (Å²) in [6.45, 7) is 1.37. The lowest BCUT2D eigenvalue weighted by Gasteiger charge is -2.04. The fourth-order valence-corrected chi connectivity index (χ4v) is 1.03. The van der Waals surface area contributed by atoms with Crippen LogP contribution in [0.3, 0.4) is 0 Å². The highest BCUT2D eigenvalue weighted by Gasteiger charge is 2.10. The summed E-state index contributed by atoms with van der Waals surface area (Å²) < 4.78 is 1.32. The topological polar surface area (TPSA) is 111 Å². The first kappa shape index (κ1) is 8.35. The number of aromatic nitrogens is 5. The zero-order valence-electron chi connectivity index (χ0n) is 7.30. The van der Waals surface area contributed by atoms with Gasteiger partial charge in [-0.15, -0.1) is 5.10 Å². The van der Waals surface area contributed by atoms with E-state index in [2.05, 4.69) is 25.8 Å². The summed E-state index contributed by atoms with van der Waals surface area (Å²) in [5.74, 6) is -0.0721. The van der Waals surface area contributed by atoms with Crippen molar-refractivity contribution in [1.82, 2.24) is 25.0 Å². The number of nitrogens with zero attached hydrogens (tertiary/aromatic N) is 5. The van der Waals surface area contributed by atoms with Crippen LogP contribution in [0.1, 0.15) is 6.92 Å². The first-order chi connectivity index (χ1) is 6.68. The van der Waals surface area contributed by atoms with Crippen molar-refractivity contribution in [2.24, 2.45) is 0 Å². The van der Waals surface area contributed by atoms with Crippen molar-refractivity contribution in [2.75, 3.05) is 11.1 Å². The molecule has 1 amide bonds. The average molecular weight is 193 g/mol. The summed E-state index contributed by atoms with van der Waals surface area (Å²) in [6.07, 6.45) is 1.37. The molecule has 3 N–H and O–H groups in total. The number of nitrogen functional groups attached to an aromatic ring is 1. The molecule has 14 heavy (non-hydrogen) atoms. The Balaban J connectivity index is 2.64. The number of nitrogens with two attached hydrogens (primary N) is 1. The van der Waals surface area contributed by atoms with Gasteiger partial charge in [-0.05, 0) is 10.4 Å². The van der Waals surface area contributed by atoms with E-state index in [0.29, 0.717) is 11.3 Å². The minimum absolute atomic E-state index is 0.183. The Hall–Kier alpha value is -2.25. The van der Waals surface area contributed by atoms with E-state index in [-0.39, 0.29) is 11.7 Å². The van der Waals surface area contributed by atoms with E-state index in [1.807, 2.05) is 0 Å². The third kappa shape index (κ3) is 1.22. The van der Waals surface area contributed by atoms with Gasteiger partial charge in [-0.1, -0.05) is 0 Å². The van der Waals surface area contributed by atoms with Gasteiger partial charge < -0.3 is 11.1 Å². The molecule has 0 aliphatic rings. The summed E-state index contributed by atoms with van der Waals surface area (Å²) in [7, 11) is 0. The number of anilines is 2. The summed E-state index contributed by atoms with van der Waals surface area (Å²) in [5.41, 5.74) is 6.25. The zero-order chi connectivity index (χ0) is 10.1. The van der Waals surface area contributed by atoms with Crippen LogP contribution in [-0.4, -0.2) is 30.9 Å². The number of hydrogen-bond donors (Lipinski definition) is 2. The van der Waals surface area contributed by atoms with Gasteiger partial charge in [0.1, 0.15) is 12.0 Å². The Morgan fingerprint density at radius 1 is 1.64 bits per heavy atom. The fraction of sp³-hybridized carbons (Fsp3) is 0.167. The molecule has 0 aliphatic carbocycles. The molecule has 0 atom stereocenters. The van der Waals surface area contributed by atoms with Gasteiger partial charge in [0.05, 0.1) is 0 Å². The molecule has 0 saturated carbocycles. The van der Waals surface area contributed by atoms with Crippen molar-refractivity contribution in [3.63, 3.8) is 0 Å². The molecule has 0 radical (unpaired) electrons. The average Bonchev–Trinajstić information content (AvgIpc) is 2.57. The summed E-state index contributed by atoms with van der Waals surface area (Å²) in [6, 6.07) is 0. The number of carbonyl (C=O) groups excluding carboxylic acids is 1. The highest BCUT2D eigenvalue weighted by molar-refractivity contribution is 5.96. The number of tetrazole rings is 1. The molecular weight excluding hydrogens is 186 g/mol. The van der Waals surface area contributed by atoms with Gasteiger partial charge in [-0.2, -0.15) is 4.52 Å². The van der Waals surface area contributed by atoms with Crippen LogP contribution in [0.2, 0.25) is 0 Å². The van der Waals surface area contributed by atoms with Crippen LogP contribution >= 0.6 is 0 Å². The van der Waals surface area contributed by atoms with Crippen LogP contribution in [0.25, 0.3) is 5.65 Å². The van der Waals surface area contributed by atoms with Crippen LogP contribution < -0.4 is 11.1 Å². The number of rotatable bonds is 1. The third-order valence-electron chi connectivity index (χ3n) is 1.58. The van der Waals surface area contributed by atoms with Crippen molar-refractivity contribution in [3.05, 3.63) is 6.33 Å². The minimum atomic E-state index is -0.255. The molecule has 2 rings (SSSR count). The Labute approximate surface area is 78.1 Å². The summed E-state index contributed by atoms with van der Waals surface area (Å²) in [4.78, 5) is 14.7. The van der Waals surface area contributed by atoms with Crippen LogP contribution in [0.5, 0.6) is 0 Å². The molecule has 72 valence electrons. The molecular formula is C6H7N7O. The minimum Gasteiger partial charge on any atom is -0.382 e. The Bertz CT molecular complexity index is 490. The van der Waals surface area contributed by atoms with Gasteiger partial charge in [-0.25, -0.2) is 4.98 Å². The fourth-order valence-electron chi connectivity index (χ4n) is 1.03. The summed E-state index contributed by atoms with van der Waals surface area (Å²) >= 11 is 0. The molecule has 2 aromatic heterocycles. The van der Waals surface area contributed by atoms with Crippen molar-refractivity contribution in [2.45, 2.75) is 6.92 Å². The van der Waals surface area contributed by atoms with Crippen LogP contribution in [-0.2, 0) is 4.79 Å². The van der Waals surface area contributed by atoms with Gasteiger partial charge in [0.2, 0.25) is 11.6 Å². The number of amides is 1. The molecule has 0 spiro atoms. The van der Waals surface area contributed by atoms with Gasteiger partial charge in [-0.3, -0.25) is 4.79 Å². The number of nitrogens with one attached hydrogen (secondary N) is 1. The molecule has 0 bridgehead atoms. The standard InChI is InChI=1S/C6H7N7O/c1-3(14)9-4-5(7)8-2-13-6(4)10-11-12-13/h2H,7H2,1H3,(H,9,14). The molecule has 2 heterocycles. The maximum Gasteiger partial charge on any atom is 0.221 e. The summed E-state index contributed by atoms with van der Waals surface area (Å²) in [5, 5.41) is 13.3. The lowest BCUT2D eigenvalue weighted by molar-refractivity contribution is -0.114. The second kappa shape index (κ2) is 2.91. The van der Waals surface area contributed by atoms with Gasteiger partial charge in [0, 0.05) is 6.92 Å². The monoisotopic (exact) mass is 193 g/mol. The molecule has 2 aromatic rings. The first-order valence-corrected chi connectivity index (χ1v) is 3.78. The van der Waals surface area contributed by atoms with Crippen molar-refractivity contribution >= 4 is 23.1 Å². The van der Waals surface area contributed by atoms with E-state index in [1.165, 1.54) is 17.8 Å². The normalized spacial score (nSPS) is 10.4. The van der Waals surface area contributed by atoms with Crippen LogP contribution in [0.4, 0.5) is 11.5 Å². The van der Waals surface area contributed by atoms with Crippen molar-refractivity contribution in [1.29, 1.82) is 0 Å². The molecule has 0 aliphatic heterocycles. The van der Waals surface area contributed by atoms with E-state index in [4.69, 9.17) is 5.73 Å². The van der Waals surface area contributed by atoms with Gasteiger partial charge >= 0.3 is 0 Å². The first-order valence-electron chi connectivity index (χ1n) is 3.78. The zero-order valence-corrected chi connectivity index (χ0v) is 7.30.